The molecule has 1 heterocycles. The van der Waals surface area contributed by atoms with E-state index in [1.807, 2.05) is 30.0 Å². The zero-order valence-electron chi connectivity index (χ0n) is 16.0. The number of carbonyl (C=O) groups excluding carboxylic acids is 2. The van der Waals surface area contributed by atoms with Crippen molar-refractivity contribution in [3.8, 4) is 5.75 Å². The molecule has 1 atom stereocenters. The molecule has 0 aliphatic carbocycles. The number of ether oxygens (including phenoxy) is 1. The molecule has 25 heavy (non-hydrogen) atoms. The Labute approximate surface area is 150 Å². The van der Waals surface area contributed by atoms with Crippen molar-refractivity contribution >= 4 is 17.5 Å². The Kier molecular flexibility index (Phi) is 6.09. The van der Waals surface area contributed by atoms with E-state index in [4.69, 9.17) is 4.74 Å². The van der Waals surface area contributed by atoms with Crippen molar-refractivity contribution < 1.29 is 14.3 Å². The number of likely N-dealkylation sites (tertiary alicyclic amines) is 1. The second kappa shape index (κ2) is 7.89. The van der Waals surface area contributed by atoms with Crippen LogP contribution in [0.2, 0.25) is 0 Å². The third-order valence-corrected chi connectivity index (χ3v) is 5.06. The molecule has 1 aromatic rings. The first-order valence-corrected chi connectivity index (χ1v) is 9.08. The van der Waals surface area contributed by atoms with Crippen LogP contribution >= 0.6 is 0 Å². The lowest BCUT2D eigenvalue weighted by Gasteiger charge is -2.39. The molecule has 1 aromatic carbocycles. The van der Waals surface area contributed by atoms with Crippen LogP contribution in [0.4, 0.5) is 5.69 Å². The maximum absolute atomic E-state index is 13.1. The summed E-state index contributed by atoms with van der Waals surface area (Å²) in [5, 5.41) is 2.88. The van der Waals surface area contributed by atoms with E-state index in [0.29, 0.717) is 11.4 Å². The van der Waals surface area contributed by atoms with Crippen molar-refractivity contribution in [3.63, 3.8) is 0 Å². The van der Waals surface area contributed by atoms with Crippen LogP contribution in [0.15, 0.2) is 18.2 Å². The van der Waals surface area contributed by atoms with Crippen LogP contribution in [0, 0.1) is 12.3 Å². The summed E-state index contributed by atoms with van der Waals surface area (Å²) < 4.78 is 5.32. The number of aryl methyl sites for hydroxylation is 1. The number of rotatable bonds is 5. The van der Waals surface area contributed by atoms with Gasteiger partial charge in [0.2, 0.25) is 11.8 Å². The molecule has 1 fully saturated rings. The van der Waals surface area contributed by atoms with Crippen LogP contribution in [-0.4, -0.2) is 36.4 Å². The van der Waals surface area contributed by atoms with Crippen molar-refractivity contribution in [3.05, 3.63) is 23.8 Å². The van der Waals surface area contributed by atoms with E-state index < -0.39 is 5.41 Å². The lowest BCUT2D eigenvalue weighted by atomic mass is 9.87. The Balaban J connectivity index is 2.19. The van der Waals surface area contributed by atoms with Gasteiger partial charge in [-0.3, -0.25) is 9.59 Å². The summed E-state index contributed by atoms with van der Waals surface area (Å²) in [4.78, 5) is 27.9. The van der Waals surface area contributed by atoms with Crippen molar-refractivity contribution in [2.24, 2.45) is 5.41 Å². The fraction of sp³-hybridized carbons (Fsp3) is 0.600. The molecule has 0 radical (unpaired) electrons. The van der Waals surface area contributed by atoms with E-state index in [1.54, 1.807) is 21.0 Å². The normalized spacial score (nSPS) is 18.0. The zero-order chi connectivity index (χ0) is 18.6. The minimum Gasteiger partial charge on any atom is -0.495 e. The first-order chi connectivity index (χ1) is 11.8. The van der Waals surface area contributed by atoms with Gasteiger partial charge in [-0.15, -0.1) is 0 Å². The molecule has 1 unspecified atom stereocenters. The highest BCUT2D eigenvalue weighted by molar-refractivity contribution is 6.10. The van der Waals surface area contributed by atoms with Gasteiger partial charge in [0.15, 0.2) is 0 Å². The highest BCUT2D eigenvalue weighted by Gasteiger charge is 2.41. The predicted octanol–water partition coefficient (Wildman–Crippen LogP) is 3.76. The Hall–Kier alpha value is -2.04. The maximum Gasteiger partial charge on any atom is 0.239 e. The minimum absolute atomic E-state index is 0.0943. The van der Waals surface area contributed by atoms with Crippen LogP contribution in [-0.2, 0) is 9.59 Å². The Morgan fingerprint density at radius 3 is 2.68 bits per heavy atom. The molecule has 1 aliphatic rings. The third-order valence-electron chi connectivity index (χ3n) is 5.06. The molecule has 1 N–H and O–H groups in total. The van der Waals surface area contributed by atoms with Gasteiger partial charge in [0.05, 0.1) is 12.8 Å². The average Bonchev–Trinajstić information content (AvgIpc) is 2.61. The van der Waals surface area contributed by atoms with Gasteiger partial charge in [0.25, 0.3) is 0 Å². The number of nitrogens with zero attached hydrogens (tertiary/aromatic N) is 1. The highest BCUT2D eigenvalue weighted by atomic mass is 16.5. The minimum atomic E-state index is -1.13. The summed E-state index contributed by atoms with van der Waals surface area (Å²) in [6, 6.07) is 5.83. The topological polar surface area (TPSA) is 58.6 Å². The lowest BCUT2D eigenvalue weighted by molar-refractivity contribution is -0.149. The molecule has 1 saturated heterocycles. The smallest absolute Gasteiger partial charge is 0.239 e. The summed E-state index contributed by atoms with van der Waals surface area (Å²) in [7, 11) is 1.57. The van der Waals surface area contributed by atoms with E-state index in [2.05, 4.69) is 12.2 Å². The van der Waals surface area contributed by atoms with Crippen LogP contribution in [0.25, 0.3) is 0 Å². The third kappa shape index (κ3) is 4.14. The molecular weight excluding hydrogens is 316 g/mol. The highest BCUT2D eigenvalue weighted by Crippen LogP contribution is 2.30. The van der Waals surface area contributed by atoms with E-state index in [-0.39, 0.29) is 17.9 Å². The predicted molar refractivity (Wildman–Crippen MR) is 99.8 cm³/mol. The molecule has 0 aromatic heterocycles. The van der Waals surface area contributed by atoms with Crippen LogP contribution in [0.1, 0.15) is 52.0 Å². The van der Waals surface area contributed by atoms with Gasteiger partial charge in [0, 0.05) is 12.6 Å². The molecule has 0 bridgehead atoms. The SMILES string of the molecule is CCC1CCCCN1C(=O)C(C)(C)C(=O)Nc1cc(C)ccc1OC. The van der Waals surface area contributed by atoms with E-state index in [1.165, 1.54) is 0 Å². The van der Waals surface area contributed by atoms with Gasteiger partial charge in [-0.05, 0) is 64.2 Å². The first kappa shape index (κ1) is 19.3. The van der Waals surface area contributed by atoms with Crippen molar-refractivity contribution in [2.75, 3.05) is 19.0 Å². The van der Waals surface area contributed by atoms with Crippen LogP contribution in [0.3, 0.4) is 0 Å². The monoisotopic (exact) mass is 346 g/mol. The fourth-order valence-electron chi connectivity index (χ4n) is 3.35. The van der Waals surface area contributed by atoms with Crippen molar-refractivity contribution in [1.29, 1.82) is 0 Å². The number of hydrogen-bond donors (Lipinski definition) is 1. The number of nitrogens with one attached hydrogen (secondary N) is 1. The summed E-state index contributed by atoms with van der Waals surface area (Å²) in [5.41, 5.74) is 0.487. The van der Waals surface area contributed by atoms with E-state index >= 15 is 0 Å². The number of benzene rings is 1. The summed E-state index contributed by atoms with van der Waals surface area (Å²) in [6.45, 7) is 8.19. The quantitative estimate of drug-likeness (QED) is 0.826. The summed E-state index contributed by atoms with van der Waals surface area (Å²) >= 11 is 0. The number of hydrogen-bond acceptors (Lipinski definition) is 3. The van der Waals surface area contributed by atoms with Crippen LogP contribution < -0.4 is 10.1 Å². The van der Waals surface area contributed by atoms with Crippen molar-refractivity contribution in [2.45, 2.75) is 59.4 Å². The largest absolute Gasteiger partial charge is 0.495 e. The molecule has 0 saturated carbocycles. The number of methoxy groups -OCH3 is 1. The average molecular weight is 346 g/mol. The Bertz CT molecular complexity index is 640. The standard InChI is InChI=1S/C20H30N2O3/c1-6-15-9-7-8-12-22(15)19(24)20(3,4)18(23)21-16-13-14(2)10-11-17(16)25-5/h10-11,13,15H,6-9,12H2,1-5H3,(H,21,23). The Morgan fingerprint density at radius 2 is 2.04 bits per heavy atom. The summed E-state index contributed by atoms with van der Waals surface area (Å²) in [5.74, 6) is 0.191. The number of amides is 2. The molecular formula is C20H30N2O3. The molecule has 5 nitrogen and oxygen atoms in total. The molecule has 2 rings (SSSR count). The second-order valence-electron chi connectivity index (χ2n) is 7.34. The molecule has 2 amide bonds. The van der Waals surface area contributed by atoms with Gasteiger partial charge in [-0.2, -0.15) is 0 Å². The molecule has 138 valence electrons. The van der Waals surface area contributed by atoms with Gasteiger partial charge in [-0.25, -0.2) is 0 Å². The van der Waals surface area contributed by atoms with Gasteiger partial charge >= 0.3 is 0 Å². The Morgan fingerprint density at radius 1 is 1.32 bits per heavy atom. The van der Waals surface area contributed by atoms with Gasteiger partial charge in [-0.1, -0.05) is 13.0 Å². The molecule has 1 aliphatic heterocycles. The zero-order valence-corrected chi connectivity index (χ0v) is 16.0. The number of piperidine rings is 1. The molecule has 5 heteroatoms. The first-order valence-electron chi connectivity index (χ1n) is 9.08. The van der Waals surface area contributed by atoms with Gasteiger partial charge < -0.3 is 15.0 Å². The van der Waals surface area contributed by atoms with E-state index in [0.717, 1.165) is 37.8 Å². The number of anilines is 1. The lowest BCUT2D eigenvalue weighted by Crippen LogP contribution is -2.52. The second-order valence-corrected chi connectivity index (χ2v) is 7.34. The van der Waals surface area contributed by atoms with Gasteiger partial charge in [0.1, 0.15) is 11.2 Å². The van der Waals surface area contributed by atoms with E-state index in [9.17, 15) is 9.59 Å². The maximum atomic E-state index is 13.1. The van der Waals surface area contributed by atoms with Crippen molar-refractivity contribution in [1.82, 2.24) is 4.90 Å². The molecule has 0 spiro atoms. The fourth-order valence-corrected chi connectivity index (χ4v) is 3.35. The van der Waals surface area contributed by atoms with Crippen LogP contribution in [0.5, 0.6) is 5.75 Å². The number of carbonyl (C=O) groups is 2. The summed E-state index contributed by atoms with van der Waals surface area (Å²) in [6.07, 6.45) is 4.10.